The number of nitrogens with one attached hydrogen (secondary N) is 2. The van der Waals surface area contributed by atoms with Crippen LogP contribution in [0.5, 0.6) is 0 Å². The van der Waals surface area contributed by atoms with Gasteiger partial charge in [-0.05, 0) is 38.8 Å². The monoisotopic (exact) mass is 301 g/mol. The fourth-order valence-corrected chi connectivity index (χ4v) is 2.32. The van der Waals surface area contributed by atoms with Crippen molar-refractivity contribution in [1.82, 2.24) is 5.16 Å². The quantitative estimate of drug-likeness (QED) is 0.850. The number of aryl methyl sites for hydroxylation is 4. The lowest BCUT2D eigenvalue weighted by atomic mass is 10.1. The molecule has 116 valence electrons. The van der Waals surface area contributed by atoms with Gasteiger partial charge in [0.25, 0.3) is 0 Å². The van der Waals surface area contributed by atoms with E-state index in [4.69, 9.17) is 4.52 Å². The maximum absolute atomic E-state index is 12.0. The molecular formula is C16H19N3O3. The minimum absolute atomic E-state index is 0.279. The number of anilines is 2. The number of carbonyl (C=O) groups excluding carboxylic acids is 2. The van der Waals surface area contributed by atoms with Crippen molar-refractivity contribution in [2.75, 3.05) is 10.6 Å². The van der Waals surface area contributed by atoms with Crippen LogP contribution in [-0.4, -0.2) is 17.0 Å². The predicted molar refractivity (Wildman–Crippen MR) is 83.8 cm³/mol. The summed E-state index contributed by atoms with van der Waals surface area (Å²) in [5, 5.41) is 8.94. The van der Waals surface area contributed by atoms with E-state index in [2.05, 4.69) is 15.8 Å². The second-order valence-corrected chi connectivity index (χ2v) is 5.37. The number of carbonyl (C=O) groups is 2. The minimum Gasteiger partial charge on any atom is -0.360 e. The van der Waals surface area contributed by atoms with Crippen LogP contribution in [0.25, 0.3) is 0 Å². The fraction of sp³-hybridized carbons (Fsp3) is 0.312. The van der Waals surface area contributed by atoms with Gasteiger partial charge in [-0.25, -0.2) is 0 Å². The number of benzene rings is 1. The molecule has 1 heterocycles. The molecule has 6 heteroatoms. The third-order valence-corrected chi connectivity index (χ3v) is 3.16. The van der Waals surface area contributed by atoms with E-state index in [1.807, 2.05) is 32.9 Å². The van der Waals surface area contributed by atoms with E-state index in [1.165, 1.54) is 0 Å². The van der Waals surface area contributed by atoms with E-state index in [-0.39, 0.29) is 12.3 Å². The van der Waals surface area contributed by atoms with Crippen molar-refractivity contribution in [2.24, 2.45) is 0 Å². The zero-order chi connectivity index (χ0) is 16.3. The molecule has 0 unspecified atom stereocenters. The van der Waals surface area contributed by atoms with Crippen LogP contribution in [0.2, 0.25) is 0 Å². The van der Waals surface area contributed by atoms with Crippen LogP contribution in [0.4, 0.5) is 11.5 Å². The molecule has 0 bridgehead atoms. The van der Waals surface area contributed by atoms with Crippen molar-refractivity contribution in [3.63, 3.8) is 0 Å². The standard InChI is InChI=1S/C16H19N3O3/c1-9-5-10(2)16(11(3)6-9)18-15(21)8-14(20)17-13-7-12(4)22-19-13/h5-7H,8H2,1-4H3,(H,18,21)(H,17,19,20). The first kappa shape index (κ1) is 15.8. The van der Waals surface area contributed by atoms with Crippen molar-refractivity contribution in [2.45, 2.75) is 34.1 Å². The van der Waals surface area contributed by atoms with Gasteiger partial charge in [-0.2, -0.15) is 0 Å². The van der Waals surface area contributed by atoms with Crippen molar-refractivity contribution >= 4 is 23.3 Å². The fourth-order valence-electron chi connectivity index (χ4n) is 2.32. The Bertz CT molecular complexity index is 696. The van der Waals surface area contributed by atoms with Crippen molar-refractivity contribution in [3.05, 3.63) is 40.6 Å². The Balaban J connectivity index is 1.97. The topological polar surface area (TPSA) is 84.2 Å². The molecule has 2 N–H and O–H groups in total. The average molecular weight is 301 g/mol. The predicted octanol–water partition coefficient (Wildman–Crippen LogP) is 2.88. The lowest BCUT2D eigenvalue weighted by molar-refractivity contribution is -0.123. The van der Waals surface area contributed by atoms with Gasteiger partial charge in [-0.3, -0.25) is 9.59 Å². The average Bonchev–Trinajstić information content (AvgIpc) is 2.79. The van der Waals surface area contributed by atoms with Crippen LogP contribution >= 0.6 is 0 Å². The molecule has 2 amide bonds. The highest BCUT2D eigenvalue weighted by Gasteiger charge is 2.14. The first-order chi connectivity index (χ1) is 10.3. The highest BCUT2D eigenvalue weighted by Crippen LogP contribution is 2.22. The second kappa shape index (κ2) is 6.43. The minimum atomic E-state index is -0.437. The smallest absolute Gasteiger partial charge is 0.235 e. The summed E-state index contributed by atoms with van der Waals surface area (Å²) in [6, 6.07) is 5.56. The maximum Gasteiger partial charge on any atom is 0.235 e. The lowest BCUT2D eigenvalue weighted by Gasteiger charge is -2.12. The summed E-state index contributed by atoms with van der Waals surface area (Å²) in [5.41, 5.74) is 3.82. The summed E-state index contributed by atoms with van der Waals surface area (Å²) < 4.78 is 4.84. The summed E-state index contributed by atoms with van der Waals surface area (Å²) in [7, 11) is 0. The van der Waals surface area contributed by atoms with E-state index in [1.54, 1.807) is 13.0 Å². The van der Waals surface area contributed by atoms with E-state index in [0.29, 0.717) is 11.6 Å². The van der Waals surface area contributed by atoms with Gasteiger partial charge in [0.05, 0.1) is 0 Å². The Morgan fingerprint density at radius 3 is 2.14 bits per heavy atom. The van der Waals surface area contributed by atoms with Gasteiger partial charge in [0.2, 0.25) is 11.8 Å². The molecule has 0 aliphatic carbocycles. The molecule has 0 radical (unpaired) electrons. The summed E-state index contributed by atoms with van der Waals surface area (Å²) in [6.45, 7) is 7.57. The number of hydrogen-bond donors (Lipinski definition) is 2. The molecule has 2 aromatic rings. The Morgan fingerprint density at radius 2 is 1.59 bits per heavy atom. The highest BCUT2D eigenvalue weighted by molar-refractivity contribution is 6.08. The van der Waals surface area contributed by atoms with Crippen LogP contribution < -0.4 is 10.6 Å². The molecule has 0 saturated carbocycles. The first-order valence-electron chi connectivity index (χ1n) is 6.96. The lowest BCUT2D eigenvalue weighted by Crippen LogP contribution is -2.22. The normalized spacial score (nSPS) is 10.4. The van der Waals surface area contributed by atoms with Gasteiger partial charge in [-0.15, -0.1) is 0 Å². The third-order valence-electron chi connectivity index (χ3n) is 3.16. The molecule has 0 fully saturated rings. The van der Waals surface area contributed by atoms with E-state index >= 15 is 0 Å². The molecule has 0 aliphatic heterocycles. The van der Waals surface area contributed by atoms with Gasteiger partial charge in [-0.1, -0.05) is 22.9 Å². The number of rotatable bonds is 4. The van der Waals surface area contributed by atoms with Gasteiger partial charge in [0.15, 0.2) is 5.82 Å². The summed E-state index contributed by atoms with van der Waals surface area (Å²) in [6.07, 6.45) is -0.279. The Kier molecular flexibility index (Phi) is 4.60. The largest absolute Gasteiger partial charge is 0.360 e. The molecule has 6 nitrogen and oxygen atoms in total. The van der Waals surface area contributed by atoms with Crippen LogP contribution in [0, 0.1) is 27.7 Å². The second-order valence-electron chi connectivity index (χ2n) is 5.37. The first-order valence-corrected chi connectivity index (χ1v) is 6.96. The van der Waals surface area contributed by atoms with E-state index in [9.17, 15) is 9.59 Å². The molecule has 2 rings (SSSR count). The van der Waals surface area contributed by atoms with Gasteiger partial charge >= 0.3 is 0 Å². The molecule has 22 heavy (non-hydrogen) atoms. The van der Waals surface area contributed by atoms with E-state index in [0.717, 1.165) is 22.4 Å². The molecule has 1 aromatic carbocycles. The Hall–Kier alpha value is -2.63. The summed E-state index contributed by atoms with van der Waals surface area (Å²) in [4.78, 5) is 23.8. The van der Waals surface area contributed by atoms with Crippen LogP contribution in [0.1, 0.15) is 28.9 Å². The maximum atomic E-state index is 12.0. The van der Waals surface area contributed by atoms with Crippen molar-refractivity contribution in [3.8, 4) is 0 Å². The number of hydrogen-bond acceptors (Lipinski definition) is 4. The molecule has 0 atom stereocenters. The van der Waals surface area contributed by atoms with Gasteiger partial charge in [0, 0.05) is 11.8 Å². The van der Waals surface area contributed by atoms with E-state index < -0.39 is 5.91 Å². The Labute approximate surface area is 128 Å². The molecule has 0 saturated heterocycles. The van der Waals surface area contributed by atoms with Crippen LogP contribution in [-0.2, 0) is 9.59 Å². The Morgan fingerprint density at radius 1 is 1.00 bits per heavy atom. The number of aromatic nitrogens is 1. The molecule has 1 aromatic heterocycles. The highest BCUT2D eigenvalue weighted by atomic mass is 16.5. The van der Waals surface area contributed by atoms with Crippen molar-refractivity contribution in [1.29, 1.82) is 0 Å². The summed E-state index contributed by atoms with van der Waals surface area (Å²) in [5.74, 6) is 0.0876. The van der Waals surface area contributed by atoms with Crippen LogP contribution in [0.3, 0.4) is 0 Å². The SMILES string of the molecule is Cc1cc(C)c(NC(=O)CC(=O)Nc2cc(C)on2)c(C)c1. The zero-order valence-corrected chi connectivity index (χ0v) is 13.1. The zero-order valence-electron chi connectivity index (χ0n) is 13.1. The third kappa shape index (κ3) is 3.94. The van der Waals surface area contributed by atoms with Crippen LogP contribution in [0.15, 0.2) is 22.7 Å². The number of amides is 2. The molecular weight excluding hydrogens is 282 g/mol. The number of nitrogens with zero attached hydrogens (tertiary/aromatic N) is 1. The molecule has 0 aliphatic rings. The summed E-state index contributed by atoms with van der Waals surface area (Å²) >= 11 is 0. The van der Waals surface area contributed by atoms with Gasteiger partial charge in [0.1, 0.15) is 12.2 Å². The molecule has 0 spiro atoms. The van der Waals surface area contributed by atoms with Gasteiger partial charge < -0.3 is 15.2 Å². The van der Waals surface area contributed by atoms with Crippen molar-refractivity contribution < 1.29 is 14.1 Å².